The fourth-order valence-corrected chi connectivity index (χ4v) is 5.98. The minimum atomic E-state index is -0.944. The lowest BCUT2D eigenvalue weighted by atomic mass is 9.74. The highest BCUT2D eigenvalue weighted by Gasteiger charge is 2.46. The molecule has 5 nitrogen and oxygen atoms in total. The van der Waals surface area contributed by atoms with Crippen LogP contribution in [-0.4, -0.2) is 52.5 Å². The molecule has 7 heteroatoms. The number of piperidine rings is 1. The summed E-state index contributed by atoms with van der Waals surface area (Å²) in [4.78, 5) is 30.1. The van der Waals surface area contributed by atoms with Gasteiger partial charge in [-0.25, -0.2) is 0 Å². The van der Waals surface area contributed by atoms with E-state index in [-0.39, 0.29) is 30.3 Å². The van der Waals surface area contributed by atoms with Gasteiger partial charge in [0, 0.05) is 34.5 Å². The molecule has 0 saturated carbocycles. The van der Waals surface area contributed by atoms with Crippen LogP contribution in [0.1, 0.15) is 62.1 Å². The Kier molecular flexibility index (Phi) is 8.18. The monoisotopic (exact) mass is 502 g/mol. The van der Waals surface area contributed by atoms with Gasteiger partial charge in [-0.2, -0.15) is 0 Å². The van der Waals surface area contributed by atoms with E-state index in [4.69, 9.17) is 23.2 Å². The van der Waals surface area contributed by atoms with Gasteiger partial charge in [-0.3, -0.25) is 9.59 Å². The molecule has 34 heavy (non-hydrogen) atoms. The summed E-state index contributed by atoms with van der Waals surface area (Å²) in [5.74, 6) is -1.65. The molecule has 0 bridgehead atoms. The first-order valence-electron chi connectivity index (χ1n) is 12.1. The van der Waals surface area contributed by atoms with Crippen molar-refractivity contribution in [2.24, 2.45) is 5.92 Å². The smallest absolute Gasteiger partial charge is 0.304 e. The Bertz CT molecular complexity index is 1010. The third-order valence-electron chi connectivity index (χ3n) is 7.26. The fourth-order valence-electron chi connectivity index (χ4n) is 5.65. The molecule has 1 N–H and O–H groups in total. The number of likely N-dealkylation sites (tertiary alicyclic amines) is 2. The lowest BCUT2D eigenvalue weighted by Crippen LogP contribution is -2.54. The molecule has 2 aromatic rings. The van der Waals surface area contributed by atoms with Gasteiger partial charge in [0.2, 0.25) is 5.91 Å². The number of carbonyl (C=O) groups is 2. The molecule has 2 aromatic carbocycles. The Morgan fingerprint density at radius 3 is 2.38 bits per heavy atom. The number of hydrogen-bond acceptors (Lipinski definition) is 3. The summed E-state index contributed by atoms with van der Waals surface area (Å²) in [7, 11) is 0. The number of benzene rings is 2. The first-order chi connectivity index (χ1) is 16.4. The van der Waals surface area contributed by atoms with E-state index in [0.717, 1.165) is 37.2 Å². The van der Waals surface area contributed by atoms with Crippen LogP contribution >= 0.6 is 23.2 Å². The van der Waals surface area contributed by atoms with Crippen molar-refractivity contribution in [2.75, 3.05) is 19.6 Å². The molecule has 2 heterocycles. The van der Waals surface area contributed by atoms with Crippen LogP contribution < -0.4 is 0 Å². The van der Waals surface area contributed by atoms with E-state index in [0.29, 0.717) is 16.5 Å². The zero-order chi connectivity index (χ0) is 24.2. The molecule has 2 aliphatic heterocycles. The Hall–Kier alpha value is -2.08. The maximum Gasteiger partial charge on any atom is 0.304 e. The van der Waals surface area contributed by atoms with Gasteiger partial charge in [-0.05, 0) is 74.2 Å². The minimum Gasteiger partial charge on any atom is -0.481 e. The number of nitrogens with zero attached hydrogens (tertiary/aromatic N) is 2. The summed E-state index contributed by atoms with van der Waals surface area (Å²) < 4.78 is 0. The molecule has 0 aliphatic carbocycles. The van der Waals surface area contributed by atoms with Crippen LogP contribution in [0.5, 0.6) is 0 Å². The highest BCUT2D eigenvalue weighted by atomic mass is 35.5. The highest BCUT2D eigenvalue weighted by molar-refractivity contribution is 6.30. The summed E-state index contributed by atoms with van der Waals surface area (Å²) in [6.07, 6.45) is 3.46. The molecule has 2 aliphatic rings. The first-order valence-corrected chi connectivity index (χ1v) is 12.9. The van der Waals surface area contributed by atoms with Crippen molar-refractivity contribution in [3.05, 3.63) is 69.7 Å². The van der Waals surface area contributed by atoms with Crippen molar-refractivity contribution >= 4 is 35.1 Å². The van der Waals surface area contributed by atoms with Crippen LogP contribution in [-0.2, 0) is 9.59 Å². The van der Waals surface area contributed by atoms with E-state index in [1.165, 1.54) is 12.8 Å². The SMILES string of the molecule is CC[C@@H](CN1CCCC1)N1C(=O)[C@@H](CC(=O)O)C[C@H](c2cccc(Cl)c2)[C@H]1c1ccc(Cl)cc1. The summed E-state index contributed by atoms with van der Waals surface area (Å²) in [5.41, 5.74) is 2.03. The summed E-state index contributed by atoms with van der Waals surface area (Å²) in [6.45, 7) is 5.00. The van der Waals surface area contributed by atoms with Crippen molar-refractivity contribution in [3.63, 3.8) is 0 Å². The third kappa shape index (κ3) is 5.59. The number of amides is 1. The number of carbonyl (C=O) groups excluding carboxylic acids is 1. The van der Waals surface area contributed by atoms with Gasteiger partial charge in [0.15, 0.2) is 0 Å². The topological polar surface area (TPSA) is 60.9 Å². The maximum absolute atomic E-state index is 13.9. The predicted molar refractivity (Wildman–Crippen MR) is 135 cm³/mol. The number of carboxylic acids is 1. The van der Waals surface area contributed by atoms with Crippen molar-refractivity contribution in [1.29, 1.82) is 0 Å². The largest absolute Gasteiger partial charge is 0.481 e. The van der Waals surface area contributed by atoms with Gasteiger partial charge < -0.3 is 14.9 Å². The lowest BCUT2D eigenvalue weighted by molar-refractivity contribution is -0.152. The maximum atomic E-state index is 13.9. The van der Waals surface area contributed by atoms with Gasteiger partial charge in [-0.1, -0.05) is 54.4 Å². The van der Waals surface area contributed by atoms with E-state index in [1.807, 2.05) is 53.4 Å². The Balaban J connectivity index is 1.81. The quantitative estimate of drug-likeness (QED) is 0.479. The van der Waals surface area contributed by atoms with E-state index >= 15 is 0 Å². The number of aliphatic carboxylic acids is 1. The predicted octanol–water partition coefficient (Wildman–Crippen LogP) is 6.02. The zero-order valence-corrected chi connectivity index (χ0v) is 21.0. The standard InChI is InChI=1S/C27H32Cl2N2O3/c1-2-23(17-30-12-3-4-13-30)31-26(18-8-10-21(28)11-9-18)24(19-6-5-7-22(29)14-19)15-20(27(31)34)16-25(32)33/h5-11,14,20,23-24,26H,2-4,12-13,15-17H2,1H3,(H,32,33)/t20-,23+,24-,26-/m1/s1. The summed E-state index contributed by atoms with van der Waals surface area (Å²) in [6, 6.07) is 15.2. The van der Waals surface area contributed by atoms with Crippen LogP contribution in [0.25, 0.3) is 0 Å². The Labute approximate surface area is 211 Å². The Morgan fingerprint density at radius 2 is 1.76 bits per heavy atom. The second-order valence-corrected chi connectivity index (χ2v) is 10.4. The molecule has 4 rings (SSSR count). The summed E-state index contributed by atoms with van der Waals surface area (Å²) >= 11 is 12.6. The molecule has 2 fully saturated rings. The second kappa shape index (κ2) is 11.1. The van der Waals surface area contributed by atoms with Crippen LogP contribution in [0.2, 0.25) is 10.0 Å². The third-order valence-corrected chi connectivity index (χ3v) is 7.75. The number of hydrogen-bond donors (Lipinski definition) is 1. The van der Waals surface area contributed by atoms with E-state index in [2.05, 4.69) is 11.8 Å². The molecule has 0 unspecified atom stereocenters. The van der Waals surface area contributed by atoms with Crippen molar-refractivity contribution in [2.45, 2.75) is 57.0 Å². The van der Waals surface area contributed by atoms with Gasteiger partial charge in [0.25, 0.3) is 0 Å². The minimum absolute atomic E-state index is 0.00967. The molecule has 0 radical (unpaired) electrons. The van der Waals surface area contributed by atoms with E-state index in [1.54, 1.807) is 0 Å². The molecule has 4 atom stereocenters. The zero-order valence-electron chi connectivity index (χ0n) is 19.5. The molecule has 1 amide bonds. The average molecular weight is 503 g/mol. The summed E-state index contributed by atoms with van der Waals surface area (Å²) in [5, 5.41) is 10.9. The lowest BCUT2D eigenvalue weighted by Gasteiger charge is -2.49. The molecule has 182 valence electrons. The Morgan fingerprint density at radius 1 is 1.06 bits per heavy atom. The second-order valence-electron chi connectivity index (χ2n) is 9.50. The van der Waals surface area contributed by atoms with Gasteiger partial charge in [0.1, 0.15) is 0 Å². The van der Waals surface area contributed by atoms with Gasteiger partial charge in [-0.15, -0.1) is 0 Å². The van der Waals surface area contributed by atoms with Crippen LogP contribution in [0.15, 0.2) is 48.5 Å². The average Bonchev–Trinajstić information content (AvgIpc) is 3.32. The molecular weight excluding hydrogens is 471 g/mol. The molecule has 0 aromatic heterocycles. The van der Waals surface area contributed by atoms with Gasteiger partial charge in [0.05, 0.1) is 12.5 Å². The van der Waals surface area contributed by atoms with Crippen molar-refractivity contribution in [1.82, 2.24) is 9.80 Å². The first kappa shape index (κ1) is 25.0. The molecule has 2 saturated heterocycles. The number of carboxylic acid groups (broad SMARTS) is 1. The van der Waals surface area contributed by atoms with Crippen LogP contribution in [0.3, 0.4) is 0 Å². The molecular formula is C27H32Cl2N2O3. The molecule has 0 spiro atoms. The van der Waals surface area contributed by atoms with Crippen molar-refractivity contribution < 1.29 is 14.7 Å². The fraction of sp³-hybridized carbons (Fsp3) is 0.481. The van der Waals surface area contributed by atoms with Crippen LogP contribution in [0, 0.1) is 5.92 Å². The number of rotatable bonds is 8. The van der Waals surface area contributed by atoms with Crippen molar-refractivity contribution in [3.8, 4) is 0 Å². The highest BCUT2D eigenvalue weighted by Crippen LogP contribution is 2.47. The van der Waals surface area contributed by atoms with Crippen LogP contribution in [0.4, 0.5) is 0 Å². The van der Waals surface area contributed by atoms with E-state index in [9.17, 15) is 14.7 Å². The normalized spacial score (nSPS) is 24.4. The van der Waals surface area contributed by atoms with E-state index < -0.39 is 11.9 Å². The van der Waals surface area contributed by atoms with Gasteiger partial charge >= 0.3 is 5.97 Å². The number of halogens is 2.